The van der Waals surface area contributed by atoms with Crippen molar-refractivity contribution in [3.05, 3.63) is 65.6 Å². The second-order valence-corrected chi connectivity index (χ2v) is 5.82. The van der Waals surface area contributed by atoms with E-state index in [0.29, 0.717) is 4.73 Å². The van der Waals surface area contributed by atoms with Crippen LogP contribution in [0.15, 0.2) is 53.1 Å². The van der Waals surface area contributed by atoms with Gasteiger partial charge in [0.25, 0.3) is 5.91 Å². The van der Waals surface area contributed by atoms with Gasteiger partial charge in [-0.1, -0.05) is 45.0 Å². The summed E-state index contributed by atoms with van der Waals surface area (Å²) < 4.78 is 5.45. The van der Waals surface area contributed by atoms with E-state index in [2.05, 4.69) is 16.7 Å². The smallest absolute Gasteiger partial charge is 0.805 e. The van der Waals surface area contributed by atoms with E-state index in [-0.39, 0.29) is 28.8 Å². The van der Waals surface area contributed by atoms with E-state index < -0.39 is 5.41 Å². The molecule has 0 aliphatic carbocycles. The van der Waals surface area contributed by atoms with E-state index >= 15 is 0 Å². The SMILES string of the molecule is CC(C)(C)C(=O)[N-]c1cccc[n+]1[O-].[Cu+2].[c-]1nc2ccccc2o1. The summed E-state index contributed by atoms with van der Waals surface area (Å²) in [5, 5.41) is 14.9. The van der Waals surface area contributed by atoms with Crippen LogP contribution in [0.2, 0.25) is 0 Å². The van der Waals surface area contributed by atoms with Crippen molar-refractivity contribution >= 4 is 22.8 Å². The molecule has 2 heterocycles. The van der Waals surface area contributed by atoms with Crippen LogP contribution in [-0.2, 0) is 21.9 Å². The van der Waals surface area contributed by atoms with Crippen molar-refractivity contribution in [2.75, 3.05) is 0 Å². The molecule has 0 bridgehead atoms. The molecule has 1 amide bonds. The minimum atomic E-state index is -0.553. The van der Waals surface area contributed by atoms with E-state index in [4.69, 9.17) is 4.42 Å². The summed E-state index contributed by atoms with van der Waals surface area (Å²) in [7, 11) is 0. The third kappa shape index (κ3) is 5.37. The van der Waals surface area contributed by atoms with Crippen LogP contribution >= 0.6 is 0 Å². The fourth-order valence-corrected chi connectivity index (χ4v) is 1.53. The molecule has 0 saturated carbocycles. The van der Waals surface area contributed by atoms with Gasteiger partial charge in [0.1, 0.15) is 12.2 Å². The first kappa shape index (κ1) is 19.7. The van der Waals surface area contributed by atoms with E-state index in [1.54, 1.807) is 32.9 Å². The number of oxazole rings is 1. The molecular formula is C17H17CuN3O3. The predicted octanol–water partition coefficient (Wildman–Crippen LogP) is 3.52. The zero-order valence-corrected chi connectivity index (χ0v) is 14.4. The Labute approximate surface area is 150 Å². The monoisotopic (exact) mass is 374 g/mol. The number of carbonyl (C=O) groups excluding carboxylic acids is 1. The van der Waals surface area contributed by atoms with E-state index in [1.165, 1.54) is 12.3 Å². The van der Waals surface area contributed by atoms with Crippen LogP contribution in [0.3, 0.4) is 0 Å². The average molecular weight is 375 g/mol. The van der Waals surface area contributed by atoms with Crippen LogP contribution in [0.25, 0.3) is 16.4 Å². The summed E-state index contributed by atoms with van der Waals surface area (Å²) in [5.74, 6) is -0.166. The van der Waals surface area contributed by atoms with Crippen LogP contribution in [0.4, 0.5) is 5.82 Å². The third-order valence-electron chi connectivity index (χ3n) is 2.85. The summed E-state index contributed by atoms with van der Waals surface area (Å²) >= 11 is 0. The Bertz CT molecular complexity index is 767. The molecule has 24 heavy (non-hydrogen) atoms. The van der Waals surface area contributed by atoms with Crippen molar-refractivity contribution in [2.45, 2.75) is 20.8 Å². The zero-order valence-electron chi connectivity index (χ0n) is 13.5. The molecule has 0 N–H and O–H groups in total. The molecule has 3 aromatic rings. The molecule has 0 saturated heterocycles. The largest absolute Gasteiger partial charge is 2.00 e. The number of fused-ring (bicyclic) bond motifs is 1. The maximum atomic E-state index is 11.5. The van der Waals surface area contributed by atoms with Crippen LogP contribution in [-0.4, -0.2) is 10.9 Å². The van der Waals surface area contributed by atoms with Gasteiger partial charge in [0.05, 0.1) is 0 Å². The quantitative estimate of drug-likeness (QED) is 0.282. The van der Waals surface area contributed by atoms with Crippen LogP contribution < -0.4 is 4.73 Å². The predicted molar refractivity (Wildman–Crippen MR) is 85.7 cm³/mol. The van der Waals surface area contributed by atoms with E-state index in [9.17, 15) is 10.0 Å². The molecular weight excluding hydrogens is 358 g/mol. The molecule has 3 rings (SSSR count). The van der Waals surface area contributed by atoms with Gasteiger partial charge in [0, 0.05) is 5.41 Å². The van der Waals surface area contributed by atoms with Crippen molar-refractivity contribution in [2.24, 2.45) is 5.41 Å². The first-order chi connectivity index (χ1) is 10.9. The molecule has 0 aliphatic heterocycles. The zero-order chi connectivity index (χ0) is 16.9. The molecule has 0 unspecified atom stereocenters. The van der Waals surface area contributed by atoms with Gasteiger partial charge in [-0.15, -0.1) is 6.07 Å². The molecule has 0 fully saturated rings. The summed E-state index contributed by atoms with van der Waals surface area (Å²) in [6, 6.07) is 12.3. The van der Waals surface area contributed by atoms with Crippen LogP contribution in [0, 0.1) is 17.0 Å². The third-order valence-corrected chi connectivity index (χ3v) is 2.85. The number of hydrogen-bond donors (Lipinski definition) is 0. The first-order valence-electron chi connectivity index (χ1n) is 7.04. The Morgan fingerprint density at radius 3 is 2.50 bits per heavy atom. The van der Waals surface area contributed by atoms with Gasteiger partial charge in [-0.25, -0.2) is 0 Å². The fraction of sp³-hybridized carbons (Fsp3) is 0.235. The van der Waals surface area contributed by atoms with Crippen molar-refractivity contribution in [1.29, 1.82) is 0 Å². The van der Waals surface area contributed by atoms with E-state index in [0.717, 1.165) is 11.1 Å². The number of amides is 1. The summed E-state index contributed by atoms with van der Waals surface area (Å²) in [6.07, 6.45) is 3.73. The van der Waals surface area contributed by atoms with Gasteiger partial charge < -0.3 is 19.3 Å². The van der Waals surface area contributed by atoms with Crippen LogP contribution in [0.5, 0.6) is 0 Å². The minimum absolute atomic E-state index is 0. The van der Waals surface area contributed by atoms with Crippen molar-refractivity contribution in [3.63, 3.8) is 0 Å². The van der Waals surface area contributed by atoms with Crippen LogP contribution in [0.1, 0.15) is 20.8 Å². The Morgan fingerprint density at radius 2 is 1.88 bits per heavy atom. The van der Waals surface area contributed by atoms with Gasteiger partial charge >= 0.3 is 17.1 Å². The molecule has 0 atom stereocenters. The van der Waals surface area contributed by atoms with Gasteiger partial charge in [-0.2, -0.15) is 5.32 Å². The minimum Gasteiger partial charge on any atom is -0.805 e. The maximum absolute atomic E-state index is 11.5. The number of aromatic nitrogens is 2. The second-order valence-electron chi connectivity index (χ2n) is 5.82. The fourth-order valence-electron chi connectivity index (χ4n) is 1.53. The van der Waals surface area contributed by atoms with Crippen molar-refractivity contribution in [1.82, 2.24) is 4.98 Å². The average Bonchev–Trinajstić information content (AvgIpc) is 2.98. The topological polar surface area (TPSA) is 84.1 Å². The van der Waals surface area contributed by atoms with Crippen molar-refractivity contribution in [3.8, 4) is 0 Å². The summed E-state index contributed by atoms with van der Waals surface area (Å²) in [4.78, 5) is 15.3. The number of para-hydroxylation sites is 2. The number of nitrogens with zero attached hydrogens (tertiary/aromatic N) is 3. The van der Waals surface area contributed by atoms with Gasteiger partial charge in [0.2, 0.25) is 0 Å². The Balaban J connectivity index is 0.000000248. The van der Waals surface area contributed by atoms with Gasteiger partial charge in [0.15, 0.2) is 0 Å². The standard InChI is InChI=1S/C10H14N2O2.C7H4NO.Cu/c1-10(2,3)9(13)11-8-6-4-5-7-12(8)14;1-2-4-7-6(3-1)8-5-9-7;/h4-7H,1-3H3,(H,11,13);1-4H;/q;-1;+2/p-1. The molecule has 0 spiro atoms. The molecule has 7 heteroatoms. The second kappa shape index (κ2) is 8.47. The normalized spacial score (nSPS) is 10.3. The molecule has 0 aliphatic rings. The van der Waals surface area contributed by atoms with Gasteiger partial charge in [-0.05, 0) is 29.4 Å². The first-order valence-corrected chi connectivity index (χ1v) is 7.04. The number of benzene rings is 1. The Morgan fingerprint density at radius 1 is 1.21 bits per heavy atom. The summed E-state index contributed by atoms with van der Waals surface area (Å²) in [6.45, 7) is 5.28. The molecule has 1 aromatic carbocycles. The van der Waals surface area contributed by atoms with Crippen molar-refractivity contribution < 1.29 is 31.0 Å². The molecule has 2 aromatic heterocycles. The number of carbonyl (C=O) groups is 1. The number of rotatable bonds is 1. The van der Waals surface area contributed by atoms with E-state index in [1.807, 2.05) is 24.3 Å². The molecule has 129 valence electrons. The van der Waals surface area contributed by atoms with Gasteiger partial charge in [-0.3, -0.25) is 4.79 Å². The molecule has 1 radical (unpaired) electrons. The maximum Gasteiger partial charge on any atom is 2.00 e. The summed E-state index contributed by atoms with van der Waals surface area (Å²) in [5.41, 5.74) is 1.10. The Hall–Kier alpha value is -2.37. The molecule has 6 nitrogen and oxygen atoms in total. The Kier molecular flexibility index (Phi) is 6.95. The number of hydrogen-bond acceptors (Lipinski definition) is 4. The number of pyridine rings is 1.